The number of phenolic OH excluding ortho intramolecular Hbond substituents is 1. The second-order valence-corrected chi connectivity index (χ2v) is 5.13. The fourth-order valence-corrected chi connectivity index (χ4v) is 2.56. The Bertz CT molecular complexity index is 367. The normalized spacial score (nSPS) is 26.0. The van der Waals surface area contributed by atoms with Gasteiger partial charge in [0.05, 0.1) is 0 Å². The zero-order valence-electron chi connectivity index (χ0n) is 10.5. The van der Waals surface area contributed by atoms with E-state index < -0.39 is 0 Å². The molecule has 3 nitrogen and oxygen atoms in total. The molecule has 1 fully saturated rings. The van der Waals surface area contributed by atoms with Crippen molar-refractivity contribution in [3.05, 3.63) is 29.8 Å². The van der Waals surface area contributed by atoms with Crippen molar-refractivity contribution in [1.82, 2.24) is 4.90 Å². The Hall–Kier alpha value is -1.06. The van der Waals surface area contributed by atoms with Gasteiger partial charge >= 0.3 is 0 Å². The zero-order chi connectivity index (χ0) is 12.3. The summed E-state index contributed by atoms with van der Waals surface area (Å²) in [7, 11) is 0. The number of piperidine rings is 1. The Balaban J connectivity index is 2.01. The van der Waals surface area contributed by atoms with Crippen LogP contribution in [0.5, 0.6) is 5.75 Å². The molecule has 1 aliphatic rings. The third kappa shape index (κ3) is 3.20. The van der Waals surface area contributed by atoms with Crippen LogP contribution in [-0.4, -0.2) is 29.1 Å². The molecule has 94 valence electrons. The maximum Gasteiger partial charge on any atom is 0.115 e. The van der Waals surface area contributed by atoms with Crippen molar-refractivity contribution in [2.75, 3.05) is 13.1 Å². The highest BCUT2D eigenvalue weighted by molar-refractivity contribution is 5.27. The standard InChI is InChI=1S/C14H22N2O/c1-11-5-6-13(8-15)10-16(11)9-12-3-2-4-14(17)7-12/h2-4,7,11,13,17H,5-6,8-10,15H2,1H3. The monoisotopic (exact) mass is 234 g/mol. The van der Waals surface area contributed by atoms with E-state index in [4.69, 9.17) is 5.73 Å². The van der Waals surface area contributed by atoms with Gasteiger partial charge in [0, 0.05) is 19.1 Å². The highest BCUT2D eigenvalue weighted by Crippen LogP contribution is 2.23. The first kappa shape index (κ1) is 12.4. The molecule has 2 rings (SSSR count). The number of aromatic hydroxyl groups is 1. The third-order valence-electron chi connectivity index (χ3n) is 3.74. The van der Waals surface area contributed by atoms with E-state index in [9.17, 15) is 5.11 Å². The van der Waals surface area contributed by atoms with Crippen LogP contribution in [0.15, 0.2) is 24.3 Å². The molecule has 3 heteroatoms. The lowest BCUT2D eigenvalue weighted by Crippen LogP contribution is -2.43. The molecule has 0 aliphatic carbocycles. The summed E-state index contributed by atoms with van der Waals surface area (Å²) >= 11 is 0. The molecule has 2 atom stereocenters. The number of phenols is 1. The summed E-state index contributed by atoms with van der Waals surface area (Å²) in [5.74, 6) is 0.978. The fraction of sp³-hybridized carbons (Fsp3) is 0.571. The van der Waals surface area contributed by atoms with Gasteiger partial charge in [0.25, 0.3) is 0 Å². The molecular formula is C14H22N2O. The molecule has 2 unspecified atom stereocenters. The maximum absolute atomic E-state index is 9.47. The molecule has 0 bridgehead atoms. The maximum atomic E-state index is 9.47. The highest BCUT2D eigenvalue weighted by Gasteiger charge is 2.24. The van der Waals surface area contributed by atoms with Gasteiger partial charge in [-0.2, -0.15) is 0 Å². The van der Waals surface area contributed by atoms with E-state index in [2.05, 4.69) is 17.9 Å². The van der Waals surface area contributed by atoms with Gasteiger partial charge in [-0.1, -0.05) is 12.1 Å². The minimum absolute atomic E-state index is 0.350. The summed E-state index contributed by atoms with van der Waals surface area (Å²) in [5.41, 5.74) is 6.94. The number of benzene rings is 1. The lowest BCUT2D eigenvalue weighted by molar-refractivity contribution is 0.113. The number of hydrogen-bond acceptors (Lipinski definition) is 3. The van der Waals surface area contributed by atoms with Gasteiger partial charge < -0.3 is 10.8 Å². The van der Waals surface area contributed by atoms with Crippen LogP contribution in [0.4, 0.5) is 0 Å². The van der Waals surface area contributed by atoms with Crippen molar-refractivity contribution < 1.29 is 5.11 Å². The van der Waals surface area contributed by atoms with Gasteiger partial charge in [0.1, 0.15) is 5.75 Å². The number of hydrogen-bond donors (Lipinski definition) is 2. The quantitative estimate of drug-likeness (QED) is 0.840. The zero-order valence-corrected chi connectivity index (χ0v) is 10.5. The van der Waals surface area contributed by atoms with Crippen LogP contribution in [0.2, 0.25) is 0 Å². The Morgan fingerprint density at radius 1 is 1.41 bits per heavy atom. The fourth-order valence-electron chi connectivity index (χ4n) is 2.56. The molecule has 0 aromatic heterocycles. The first-order valence-corrected chi connectivity index (χ1v) is 6.41. The van der Waals surface area contributed by atoms with E-state index in [1.54, 1.807) is 6.07 Å². The summed E-state index contributed by atoms with van der Waals surface area (Å²) in [5, 5.41) is 9.47. The van der Waals surface area contributed by atoms with E-state index in [1.165, 1.54) is 18.4 Å². The van der Waals surface area contributed by atoms with Gasteiger partial charge in [-0.3, -0.25) is 4.90 Å². The minimum Gasteiger partial charge on any atom is -0.508 e. The Labute approximate surface area is 103 Å². The van der Waals surface area contributed by atoms with Crippen LogP contribution >= 0.6 is 0 Å². The molecule has 1 aliphatic heterocycles. The average Bonchev–Trinajstić information content (AvgIpc) is 2.32. The van der Waals surface area contributed by atoms with Gasteiger partial charge in [0.2, 0.25) is 0 Å². The Morgan fingerprint density at radius 3 is 2.94 bits per heavy atom. The molecule has 0 spiro atoms. The molecule has 1 aromatic carbocycles. The van der Waals surface area contributed by atoms with Crippen molar-refractivity contribution >= 4 is 0 Å². The van der Waals surface area contributed by atoms with Crippen molar-refractivity contribution in [1.29, 1.82) is 0 Å². The number of nitrogens with zero attached hydrogens (tertiary/aromatic N) is 1. The number of nitrogens with two attached hydrogens (primary N) is 1. The van der Waals surface area contributed by atoms with E-state index in [-0.39, 0.29) is 0 Å². The van der Waals surface area contributed by atoms with E-state index in [0.717, 1.165) is 19.6 Å². The smallest absolute Gasteiger partial charge is 0.115 e. The highest BCUT2D eigenvalue weighted by atomic mass is 16.3. The van der Waals surface area contributed by atoms with Gasteiger partial charge in [-0.05, 0) is 49.9 Å². The molecule has 1 heterocycles. The average molecular weight is 234 g/mol. The van der Waals surface area contributed by atoms with Gasteiger partial charge in [-0.15, -0.1) is 0 Å². The molecule has 17 heavy (non-hydrogen) atoms. The largest absolute Gasteiger partial charge is 0.508 e. The van der Waals surface area contributed by atoms with Crippen LogP contribution < -0.4 is 5.73 Å². The second kappa shape index (κ2) is 5.52. The summed E-state index contributed by atoms with van der Waals surface area (Å²) in [6, 6.07) is 8.14. The van der Waals surface area contributed by atoms with Crippen molar-refractivity contribution in [3.8, 4) is 5.75 Å². The van der Waals surface area contributed by atoms with Crippen LogP contribution in [0, 0.1) is 5.92 Å². The van der Waals surface area contributed by atoms with E-state index in [1.807, 2.05) is 12.1 Å². The van der Waals surface area contributed by atoms with Crippen molar-refractivity contribution in [2.45, 2.75) is 32.4 Å². The van der Waals surface area contributed by atoms with Gasteiger partial charge in [-0.25, -0.2) is 0 Å². The van der Waals surface area contributed by atoms with Crippen LogP contribution in [0.3, 0.4) is 0 Å². The lowest BCUT2D eigenvalue weighted by atomic mass is 9.93. The predicted octanol–water partition coefficient (Wildman–Crippen LogP) is 1.95. The summed E-state index contributed by atoms with van der Waals surface area (Å²) in [4.78, 5) is 2.47. The van der Waals surface area contributed by atoms with Crippen LogP contribution in [-0.2, 0) is 6.54 Å². The third-order valence-corrected chi connectivity index (χ3v) is 3.74. The topological polar surface area (TPSA) is 49.5 Å². The first-order chi connectivity index (χ1) is 8.19. The van der Waals surface area contributed by atoms with Crippen LogP contribution in [0.1, 0.15) is 25.3 Å². The summed E-state index contributed by atoms with van der Waals surface area (Å²) in [6.07, 6.45) is 2.47. The number of rotatable bonds is 3. The summed E-state index contributed by atoms with van der Waals surface area (Å²) < 4.78 is 0. The molecule has 0 saturated carbocycles. The molecular weight excluding hydrogens is 212 g/mol. The van der Waals surface area contributed by atoms with E-state index >= 15 is 0 Å². The predicted molar refractivity (Wildman–Crippen MR) is 69.8 cm³/mol. The first-order valence-electron chi connectivity index (χ1n) is 6.41. The SMILES string of the molecule is CC1CCC(CN)CN1Cc1cccc(O)c1. The van der Waals surface area contributed by atoms with Crippen molar-refractivity contribution in [2.24, 2.45) is 11.7 Å². The molecule has 0 radical (unpaired) electrons. The molecule has 1 aromatic rings. The molecule has 1 saturated heterocycles. The lowest BCUT2D eigenvalue weighted by Gasteiger charge is -2.37. The molecule has 0 amide bonds. The van der Waals surface area contributed by atoms with Gasteiger partial charge in [0.15, 0.2) is 0 Å². The van der Waals surface area contributed by atoms with Crippen LogP contribution in [0.25, 0.3) is 0 Å². The second-order valence-electron chi connectivity index (χ2n) is 5.13. The Kier molecular flexibility index (Phi) is 4.02. The minimum atomic E-state index is 0.350. The molecule has 3 N–H and O–H groups in total. The van der Waals surface area contributed by atoms with E-state index in [0.29, 0.717) is 17.7 Å². The number of likely N-dealkylation sites (tertiary alicyclic amines) is 1. The summed E-state index contributed by atoms with van der Waals surface area (Å²) in [6.45, 7) is 5.04. The Morgan fingerprint density at radius 2 is 2.24 bits per heavy atom. The van der Waals surface area contributed by atoms with Crippen molar-refractivity contribution in [3.63, 3.8) is 0 Å².